The summed E-state index contributed by atoms with van der Waals surface area (Å²) in [6, 6.07) is 0. The van der Waals surface area contributed by atoms with Crippen molar-refractivity contribution < 1.29 is 0 Å². The molecule has 0 amide bonds. The second-order valence-corrected chi connectivity index (χ2v) is 2.32. The Morgan fingerprint density at radius 1 is 1.20 bits per heavy atom. The fourth-order valence-corrected chi connectivity index (χ4v) is 0.954. The summed E-state index contributed by atoms with van der Waals surface area (Å²) < 4.78 is 0. The molecule has 0 aliphatic rings. The van der Waals surface area contributed by atoms with Crippen molar-refractivity contribution in [2.75, 3.05) is 0 Å². The topological polar surface area (TPSA) is 23.9 Å². The van der Waals surface area contributed by atoms with E-state index < -0.39 is 0 Å². The molecule has 0 atom stereocenters. The van der Waals surface area contributed by atoms with E-state index in [1.54, 1.807) is 0 Å². The average molecular weight is 139 g/mol. The minimum absolute atomic E-state index is 0.796. The Bertz CT molecular complexity index is 134. The molecule has 10 heavy (non-hydrogen) atoms. The second-order valence-electron chi connectivity index (χ2n) is 2.32. The van der Waals surface area contributed by atoms with E-state index in [9.17, 15) is 0 Å². The molecule has 0 heterocycles. The normalized spacial score (nSPS) is 11.7. The predicted octanol–water partition coefficient (Wildman–Crippen LogP) is 3.16. The summed E-state index contributed by atoms with van der Waals surface area (Å²) in [5.74, 6) is 0. The van der Waals surface area contributed by atoms with Crippen molar-refractivity contribution in [1.82, 2.24) is 0 Å². The van der Waals surface area contributed by atoms with Crippen LogP contribution in [-0.2, 0) is 0 Å². The number of rotatable bonds is 4. The van der Waals surface area contributed by atoms with Crippen LogP contribution in [0.3, 0.4) is 0 Å². The lowest BCUT2D eigenvalue weighted by Crippen LogP contribution is -1.97. The first kappa shape index (κ1) is 9.41. The van der Waals surface area contributed by atoms with Crippen LogP contribution in [0.15, 0.2) is 11.6 Å². The van der Waals surface area contributed by atoms with Gasteiger partial charge in [0.25, 0.3) is 0 Å². The molecule has 0 aromatic rings. The Labute approximate surface area is 63.7 Å². The molecule has 0 aromatic heterocycles. The summed E-state index contributed by atoms with van der Waals surface area (Å²) in [7, 11) is 0. The average Bonchev–Trinajstić information content (AvgIpc) is 1.99. The summed E-state index contributed by atoms with van der Waals surface area (Å²) in [6.07, 6.45) is 5.05. The standard InChI is InChI=1S/C9H17N/c1-4-7-8(5-2)9(10)6-3/h7,10H,4-6H2,1-3H3/b8-7+,10-9?. The van der Waals surface area contributed by atoms with Gasteiger partial charge in [-0.2, -0.15) is 0 Å². The Kier molecular flexibility index (Phi) is 4.91. The zero-order chi connectivity index (χ0) is 7.98. The number of nitrogens with one attached hydrogen (secondary N) is 1. The molecule has 0 unspecified atom stereocenters. The van der Waals surface area contributed by atoms with Crippen LogP contribution in [0.1, 0.15) is 40.0 Å². The predicted molar refractivity (Wildman–Crippen MR) is 46.7 cm³/mol. The van der Waals surface area contributed by atoms with Crippen LogP contribution in [0.4, 0.5) is 0 Å². The molecule has 1 heteroatoms. The number of hydrogen-bond donors (Lipinski definition) is 1. The van der Waals surface area contributed by atoms with Gasteiger partial charge in [0, 0.05) is 5.71 Å². The van der Waals surface area contributed by atoms with Crippen molar-refractivity contribution in [2.45, 2.75) is 40.0 Å². The van der Waals surface area contributed by atoms with Gasteiger partial charge in [0.1, 0.15) is 0 Å². The maximum Gasteiger partial charge on any atom is 0.0339 e. The van der Waals surface area contributed by atoms with E-state index in [-0.39, 0.29) is 0 Å². The molecule has 1 nitrogen and oxygen atoms in total. The van der Waals surface area contributed by atoms with Gasteiger partial charge in [-0.05, 0) is 24.8 Å². The van der Waals surface area contributed by atoms with E-state index in [1.165, 1.54) is 5.57 Å². The van der Waals surface area contributed by atoms with Crippen molar-refractivity contribution in [3.63, 3.8) is 0 Å². The van der Waals surface area contributed by atoms with Crippen LogP contribution in [0, 0.1) is 5.41 Å². The first-order valence-corrected chi connectivity index (χ1v) is 4.03. The maximum absolute atomic E-state index is 7.53. The minimum Gasteiger partial charge on any atom is -0.305 e. The fraction of sp³-hybridized carbons (Fsp3) is 0.667. The maximum atomic E-state index is 7.53. The van der Waals surface area contributed by atoms with Gasteiger partial charge in [0.05, 0.1) is 0 Å². The first-order chi connectivity index (χ1) is 4.76. The highest BCUT2D eigenvalue weighted by Crippen LogP contribution is 2.05. The Morgan fingerprint density at radius 3 is 2.10 bits per heavy atom. The van der Waals surface area contributed by atoms with Crippen molar-refractivity contribution in [1.29, 1.82) is 5.41 Å². The van der Waals surface area contributed by atoms with Crippen LogP contribution < -0.4 is 0 Å². The molecule has 0 fully saturated rings. The van der Waals surface area contributed by atoms with E-state index in [0.717, 1.165) is 25.0 Å². The van der Waals surface area contributed by atoms with E-state index in [4.69, 9.17) is 5.41 Å². The van der Waals surface area contributed by atoms with E-state index in [0.29, 0.717) is 0 Å². The summed E-state index contributed by atoms with van der Waals surface area (Å²) in [6.45, 7) is 6.24. The van der Waals surface area contributed by atoms with Gasteiger partial charge in [0.2, 0.25) is 0 Å². The molecule has 0 spiro atoms. The van der Waals surface area contributed by atoms with Gasteiger partial charge in [-0.3, -0.25) is 0 Å². The summed E-state index contributed by atoms with van der Waals surface area (Å²) in [5.41, 5.74) is 2.01. The van der Waals surface area contributed by atoms with Crippen LogP contribution in [-0.4, -0.2) is 5.71 Å². The Balaban J connectivity index is 4.06. The highest BCUT2D eigenvalue weighted by atomic mass is 14.4. The summed E-state index contributed by atoms with van der Waals surface area (Å²) >= 11 is 0. The highest BCUT2D eigenvalue weighted by Gasteiger charge is 1.97. The molecular weight excluding hydrogens is 122 g/mol. The third kappa shape index (κ3) is 2.81. The lowest BCUT2D eigenvalue weighted by Gasteiger charge is -2.02. The van der Waals surface area contributed by atoms with Crippen molar-refractivity contribution >= 4 is 5.71 Å². The molecule has 0 aliphatic carbocycles. The van der Waals surface area contributed by atoms with E-state index in [2.05, 4.69) is 19.9 Å². The van der Waals surface area contributed by atoms with Crippen LogP contribution >= 0.6 is 0 Å². The van der Waals surface area contributed by atoms with Crippen molar-refractivity contribution in [2.24, 2.45) is 0 Å². The monoisotopic (exact) mass is 139 g/mol. The SMILES string of the molecule is CC/C=C(\CC)C(=N)CC. The van der Waals surface area contributed by atoms with Gasteiger partial charge in [-0.1, -0.05) is 26.8 Å². The zero-order valence-electron chi connectivity index (χ0n) is 7.20. The summed E-state index contributed by atoms with van der Waals surface area (Å²) in [4.78, 5) is 0. The van der Waals surface area contributed by atoms with E-state index >= 15 is 0 Å². The molecular formula is C9H17N. The smallest absolute Gasteiger partial charge is 0.0339 e. The third-order valence-electron chi connectivity index (χ3n) is 1.57. The molecule has 0 bridgehead atoms. The Morgan fingerprint density at radius 2 is 1.80 bits per heavy atom. The third-order valence-corrected chi connectivity index (χ3v) is 1.57. The lowest BCUT2D eigenvalue weighted by atomic mass is 10.1. The largest absolute Gasteiger partial charge is 0.305 e. The molecule has 58 valence electrons. The highest BCUT2D eigenvalue weighted by molar-refractivity contribution is 5.97. The van der Waals surface area contributed by atoms with E-state index in [1.807, 2.05) is 6.92 Å². The fourth-order valence-electron chi connectivity index (χ4n) is 0.954. The van der Waals surface area contributed by atoms with Gasteiger partial charge in [-0.25, -0.2) is 0 Å². The van der Waals surface area contributed by atoms with Crippen molar-refractivity contribution in [3.8, 4) is 0 Å². The zero-order valence-corrected chi connectivity index (χ0v) is 7.20. The number of hydrogen-bond acceptors (Lipinski definition) is 1. The van der Waals surface area contributed by atoms with Crippen LogP contribution in [0.2, 0.25) is 0 Å². The molecule has 0 saturated heterocycles. The molecule has 0 aromatic carbocycles. The molecule has 0 rings (SSSR count). The van der Waals surface area contributed by atoms with Crippen molar-refractivity contribution in [3.05, 3.63) is 11.6 Å². The van der Waals surface area contributed by atoms with Gasteiger partial charge in [0.15, 0.2) is 0 Å². The molecule has 0 aliphatic heterocycles. The van der Waals surface area contributed by atoms with Crippen LogP contribution in [0.25, 0.3) is 0 Å². The quantitative estimate of drug-likeness (QED) is 0.578. The number of allylic oxidation sites excluding steroid dienone is 2. The van der Waals surface area contributed by atoms with Gasteiger partial charge in [-0.15, -0.1) is 0 Å². The summed E-state index contributed by atoms with van der Waals surface area (Å²) in [5, 5.41) is 7.53. The molecule has 0 saturated carbocycles. The van der Waals surface area contributed by atoms with Gasteiger partial charge < -0.3 is 5.41 Å². The Hall–Kier alpha value is -0.590. The van der Waals surface area contributed by atoms with Gasteiger partial charge >= 0.3 is 0 Å². The second kappa shape index (κ2) is 5.21. The molecule has 1 N–H and O–H groups in total. The lowest BCUT2D eigenvalue weighted by molar-refractivity contribution is 1.08. The minimum atomic E-state index is 0.796. The van der Waals surface area contributed by atoms with Crippen LogP contribution in [0.5, 0.6) is 0 Å². The molecule has 0 radical (unpaired) electrons. The first-order valence-electron chi connectivity index (χ1n) is 4.03.